The van der Waals surface area contributed by atoms with Gasteiger partial charge in [-0.25, -0.2) is 4.98 Å². The zero-order chi connectivity index (χ0) is 7.56. The third-order valence-corrected chi connectivity index (χ3v) is 3.02. The van der Waals surface area contributed by atoms with E-state index in [2.05, 4.69) is 43.5 Å². The van der Waals surface area contributed by atoms with Crippen LogP contribution in [0.4, 0.5) is 0 Å². The van der Waals surface area contributed by atoms with Crippen molar-refractivity contribution in [3.05, 3.63) is 27.5 Å². The normalized spacial score (nSPS) is 9.90. The molecule has 0 bridgehead atoms. The van der Waals surface area contributed by atoms with E-state index in [1.54, 1.807) is 6.20 Å². The number of nitrogens with zero attached hydrogens (tertiary/aromatic N) is 1. The van der Waals surface area contributed by atoms with E-state index in [1.807, 2.05) is 6.07 Å². The molecule has 0 saturated carbocycles. The summed E-state index contributed by atoms with van der Waals surface area (Å²) < 4.78 is 1.82. The highest BCUT2D eigenvalue weighted by Crippen LogP contribution is 2.21. The van der Waals surface area contributed by atoms with Crippen LogP contribution in [0.15, 0.2) is 16.7 Å². The summed E-state index contributed by atoms with van der Waals surface area (Å²) in [5.74, 6) is 0. The summed E-state index contributed by atoms with van der Waals surface area (Å²) in [5.41, 5.74) is 1.18. The fourth-order valence-corrected chi connectivity index (χ4v) is 1.45. The Hall–Kier alpha value is 0.650. The maximum Gasteiger partial charge on any atom is 0.143 e. The van der Waals surface area contributed by atoms with Crippen molar-refractivity contribution < 1.29 is 0 Å². The van der Waals surface area contributed by atoms with E-state index in [-0.39, 0.29) is 0 Å². The predicted octanol–water partition coefficient (Wildman–Crippen LogP) is 3.43. The second-order valence-corrected chi connectivity index (χ2v) is 3.72. The fourth-order valence-electron chi connectivity index (χ4n) is 0.534. The molecule has 0 fully saturated rings. The lowest BCUT2D eigenvalue weighted by Gasteiger charge is -1.96. The van der Waals surface area contributed by atoms with Gasteiger partial charge in [-0.1, -0.05) is 34.2 Å². The molecule has 4 heteroatoms. The zero-order valence-corrected chi connectivity index (χ0v) is 9.44. The number of rotatable bonds is 1. The van der Waals surface area contributed by atoms with Crippen molar-refractivity contribution in [3.8, 4) is 0 Å². The Balaban J connectivity index is 3.04. The van der Waals surface area contributed by atoms with Crippen molar-refractivity contribution in [2.75, 3.05) is 0 Å². The molecule has 0 saturated heterocycles. The molecule has 1 heterocycles. The van der Waals surface area contributed by atoms with Crippen LogP contribution >= 0.6 is 50.1 Å². The highest BCUT2D eigenvalue weighted by molar-refractivity contribution is 14.1. The molecule has 1 aromatic rings. The minimum Gasteiger partial charge on any atom is -0.243 e. The first kappa shape index (κ1) is 8.74. The first-order valence-electron chi connectivity index (χ1n) is 2.60. The van der Waals surface area contributed by atoms with Gasteiger partial charge < -0.3 is 0 Å². The van der Waals surface area contributed by atoms with E-state index in [1.165, 1.54) is 5.56 Å². The Kier molecular flexibility index (Phi) is 3.39. The molecule has 0 spiro atoms. The molecule has 0 atom stereocenters. The number of hydrogen-bond acceptors (Lipinski definition) is 1. The van der Waals surface area contributed by atoms with Gasteiger partial charge in [0.05, 0.1) is 4.47 Å². The van der Waals surface area contributed by atoms with Gasteiger partial charge in [-0.2, -0.15) is 0 Å². The minimum absolute atomic E-state index is 0.522. The molecule has 0 unspecified atom stereocenters. The lowest BCUT2D eigenvalue weighted by Crippen LogP contribution is -1.81. The molecular weight excluding hydrogens is 328 g/mol. The van der Waals surface area contributed by atoms with Crippen molar-refractivity contribution in [2.24, 2.45) is 0 Å². The van der Waals surface area contributed by atoms with Gasteiger partial charge in [0, 0.05) is 10.6 Å². The minimum atomic E-state index is 0.522. The molecule has 0 aliphatic rings. The number of hydrogen-bond donors (Lipinski definition) is 0. The number of pyridine rings is 1. The van der Waals surface area contributed by atoms with Crippen LogP contribution in [0.3, 0.4) is 0 Å². The third kappa shape index (κ3) is 2.07. The van der Waals surface area contributed by atoms with Crippen LogP contribution < -0.4 is 0 Å². The second kappa shape index (κ2) is 3.88. The van der Waals surface area contributed by atoms with Crippen LogP contribution in [0.5, 0.6) is 0 Å². The zero-order valence-electron chi connectivity index (χ0n) is 4.94. The Morgan fingerprint density at radius 3 is 2.90 bits per heavy atom. The number of aromatic nitrogens is 1. The smallest absolute Gasteiger partial charge is 0.143 e. The Morgan fingerprint density at radius 1 is 1.70 bits per heavy atom. The van der Waals surface area contributed by atoms with Gasteiger partial charge in [0.25, 0.3) is 0 Å². The number of halogens is 3. The standard InChI is InChI=1S/C6H4BrClIN/c7-5-1-4(2-9)3-10-6(5)8/h1,3H,2H2. The lowest BCUT2D eigenvalue weighted by molar-refractivity contribution is 1.25. The monoisotopic (exact) mass is 331 g/mol. The summed E-state index contributed by atoms with van der Waals surface area (Å²) in [5, 5.41) is 0.522. The molecular formula is C6H4BrClIN. The SMILES string of the molecule is Clc1ncc(CI)cc1Br. The van der Waals surface area contributed by atoms with Crippen molar-refractivity contribution in [1.82, 2.24) is 4.98 Å². The van der Waals surface area contributed by atoms with E-state index in [0.717, 1.165) is 8.90 Å². The maximum absolute atomic E-state index is 5.68. The first-order valence-corrected chi connectivity index (χ1v) is 5.29. The molecule has 0 aliphatic heterocycles. The molecule has 1 aromatic heterocycles. The van der Waals surface area contributed by atoms with Crippen molar-refractivity contribution in [3.63, 3.8) is 0 Å². The van der Waals surface area contributed by atoms with Crippen LogP contribution in [0.1, 0.15) is 5.56 Å². The second-order valence-electron chi connectivity index (χ2n) is 1.75. The first-order chi connectivity index (χ1) is 4.74. The number of alkyl halides is 1. The molecule has 0 aromatic carbocycles. The van der Waals surface area contributed by atoms with E-state index >= 15 is 0 Å². The maximum atomic E-state index is 5.68. The van der Waals surface area contributed by atoms with Gasteiger partial charge in [0.2, 0.25) is 0 Å². The van der Waals surface area contributed by atoms with Crippen LogP contribution in [0.25, 0.3) is 0 Å². The van der Waals surface area contributed by atoms with E-state index in [0.29, 0.717) is 5.15 Å². The fraction of sp³-hybridized carbons (Fsp3) is 0.167. The van der Waals surface area contributed by atoms with Gasteiger partial charge in [0.1, 0.15) is 5.15 Å². The quantitative estimate of drug-likeness (QED) is 0.436. The molecule has 54 valence electrons. The molecule has 0 radical (unpaired) electrons. The molecule has 0 amide bonds. The molecule has 1 rings (SSSR count). The van der Waals surface area contributed by atoms with Gasteiger partial charge in [0.15, 0.2) is 0 Å². The van der Waals surface area contributed by atoms with Gasteiger partial charge >= 0.3 is 0 Å². The molecule has 0 aliphatic carbocycles. The van der Waals surface area contributed by atoms with Crippen LogP contribution in [0.2, 0.25) is 5.15 Å². The summed E-state index contributed by atoms with van der Waals surface area (Å²) in [4.78, 5) is 3.96. The lowest BCUT2D eigenvalue weighted by atomic mass is 10.3. The largest absolute Gasteiger partial charge is 0.243 e. The molecule has 1 nitrogen and oxygen atoms in total. The van der Waals surface area contributed by atoms with Crippen molar-refractivity contribution in [1.29, 1.82) is 0 Å². The highest BCUT2D eigenvalue weighted by atomic mass is 127. The van der Waals surface area contributed by atoms with Crippen molar-refractivity contribution >= 4 is 50.1 Å². The summed E-state index contributed by atoms with van der Waals surface area (Å²) in [6.45, 7) is 0. The van der Waals surface area contributed by atoms with E-state index in [4.69, 9.17) is 11.6 Å². The van der Waals surface area contributed by atoms with E-state index < -0.39 is 0 Å². The average Bonchev–Trinajstić information content (AvgIpc) is 1.95. The third-order valence-electron chi connectivity index (χ3n) is 1.01. The Bertz CT molecular complexity index is 241. The summed E-state index contributed by atoms with van der Waals surface area (Å²) in [6, 6.07) is 1.97. The highest BCUT2D eigenvalue weighted by Gasteiger charge is 1.97. The summed E-state index contributed by atoms with van der Waals surface area (Å²) in [7, 11) is 0. The van der Waals surface area contributed by atoms with Crippen LogP contribution in [0, 0.1) is 0 Å². The molecule has 0 N–H and O–H groups in total. The average molecular weight is 332 g/mol. The summed E-state index contributed by atoms with van der Waals surface area (Å²) in [6.07, 6.45) is 1.78. The van der Waals surface area contributed by atoms with Gasteiger partial charge in [-0.15, -0.1) is 0 Å². The van der Waals surface area contributed by atoms with Gasteiger partial charge in [-0.3, -0.25) is 0 Å². The van der Waals surface area contributed by atoms with Crippen molar-refractivity contribution in [2.45, 2.75) is 4.43 Å². The molecule has 10 heavy (non-hydrogen) atoms. The van der Waals surface area contributed by atoms with E-state index in [9.17, 15) is 0 Å². The summed E-state index contributed by atoms with van der Waals surface area (Å²) >= 11 is 11.2. The predicted molar refractivity (Wildman–Crippen MR) is 54.7 cm³/mol. The Morgan fingerprint density at radius 2 is 2.40 bits per heavy atom. The topological polar surface area (TPSA) is 12.9 Å². The van der Waals surface area contributed by atoms with Crippen LogP contribution in [-0.4, -0.2) is 4.98 Å². The van der Waals surface area contributed by atoms with Gasteiger partial charge in [-0.05, 0) is 27.6 Å². The Labute approximate surface area is 86.4 Å². The van der Waals surface area contributed by atoms with Crippen LogP contribution in [-0.2, 0) is 4.43 Å².